The number of para-hydroxylation sites is 1. The number of benzene rings is 3. The Bertz CT molecular complexity index is 1600. The molecule has 7 heteroatoms. The summed E-state index contributed by atoms with van der Waals surface area (Å²) in [6.45, 7) is 5.89. The van der Waals surface area contributed by atoms with Crippen molar-refractivity contribution >= 4 is 10.9 Å². The van der Waals surface area contributed by atoms with E-state index in [0.29, 0.717) is 22.4 Å². The summed E-state index contributed by atoms with van der Waals surface area (Å²) in [6.07, 6.45) is 0. The van der Waals surface area contributed by atoms with Crippen molar-refractivity contribution < 1.29 is 4.52 Å². The Kier molecular flexibility index (Phi) is 5.01. The average Bonchev–Trinajstić information content (AvgIpc) is 3.25. The molecule has 5 aromatic rings. The fourth-order valence-corrected chi connectivity index (χ4v) is 4.17. The van der Waals surface area contributed by atoms with Crippen LogP contribution < -0.4 is 11.2 Å². The van der Waals surface area contributed by atoms with Crippen LogP contribution in [0.25, 0.3) is 28.0 Å². The molecule has 5 rings (SSSR count). The van der Waals surface area contributed by atoms with Crippen LogP contribution in [-0.4, -0.2) is 19.3 Å². The Morgan fingerprint density at radius 3 is 2.33 bits per heavy atom. The van der Waals surface area contributed by atoms with E-state index in [0.717, 1.165) is 22.3 Å². The summed E-state index contributed by atoms with van der Waals surface area (Å²) >= 11 is 0. The molecule has 164 valence electrons. The van der Waals surface area contributed by atoms with Crippen LogP contribution >= 0.6 is 0 Å². The molecule has 0 aliphatic rings. The van der Waals surface area contributed by atoms with Gasteiger partial charge in [0, 0.05) is 5.56 Å². The Balaban J connectivity index is 1.69. The highest BCUT2D eigenvalue weighted by molar-refractivity contribution is 5.78. The summed E-state index contributed by atoms with van der Waals surface area (Å²) in [5.41, 5.74) is 4.06. The predicted octanol–water partition coefficient (Wildman–Crippen LogP) is 4.18. The third-order valence-electron chi connectivity index (χ3n) is 5.66. The van der Waals surface area contributed by atoms with Gasteiger partial charge in [0.1, 0.15) is 6.54 Å². The summed E-state index contributed by atoms with van der Waals surface area (Å²) in [5, 5.41) is 4.54. The van der Waals surface area contributed by atoms with E-state index in [-0.39, 0.29) is 18.0 Å². The van der Waals surface area contributed by atoms with E-state index < -0.39 is 5.69 Å². The zero-order valence-electron chi connectivity index (χ0n) is 18.6. The van der Waals surface area contributed by atoms with E-state index in [1.54, 1.807) is 24.3 Å². The number of fused-ring (bicyclic) bond motifs is 1. The van der Waals surface area contributed by atoms with Crippen LogP contribution in [-0.2, 0) is 6.54 Å². The molecule has 2 aromatic heterocycles. The lowest BCUT2D eigenvalue weighted by Crippen LogP contribution is -2.39. The van der Waals surface area contributed by atoms with Gasteiger partial charge in [-0.3, -0.25) is 9.36 Å². The number of aryl methyl sites for hydroxylation is 3. The maximum Gasteiger partial charge on any atom is 0.336 e. The zero-order valence-corrected chi connectivity index (χ0v) is 18.6. The van der Waals surface area contributed by atoms with Gasteiger partial charge in [-0.1, -0.05) is 47.6 Å². The van der Waals surface area contributed by atoms with Gasteiger partial charge in [0.05, 0.1) is 16.6 Å². The topological polar surface area (TPSA) is 82.9 Å². The molecule has 3 aromatic carbocycles. The van der Waals surface area contributed by atoms with Crippen molar-refractivity contribution in [2.45, 2.75) is 27.3 Å². The smallest absolute Gasteiger partial charge is 0.336 e. The third kappa shape index (κ3) is 3.67. The molecule has 0 atom stereocenters. The van der Waals surface area contributed by atoms with E-state index in [2.05, 4.69) is 10.1 Å². The molecular weight excluding hydrogens is 416 g/mol. The minimum Gasteiger partial charge on any atom is -0.337 e. The standard InChI is InChI=1S/C26H22N4O3/c1-16-12-17(2)14-19(13-16)30-25(31)21-10-6-7-11-22(21)29(26(30)32)15-23-27-24(28-33-23)20-9-5-4-8-18(20)3/h4-14H,15H2,1-3H3. The molecule has 0 bridgehead atoms. The zero-order chi connectivity index (χ0) is 23.1. The van der Waals surface area contributed by atoms with Gasteiger partial charge in [-0.05, 0) is 61.7 Å². The molecule has 7 nitrogen and oxygen atoms in total. The third-order valence-corrected chi connectivity index (χ3v) is 5.66. The van der Waals surface area contributed by atoms with E-state index in [4.69, 9.17) is 4.52 Å². The van der Waals surface area contributed by atoms with Crippen molar-refractivity contribution in [2.24, 2.45) is 0 Å². The Morgan fingerprint density at radius 2 is 1.58 bits per heavy atom. The second-order valence-electron chi connectivity index (χ2n) is 8.20. The molecule has 0 spiro atoms. The van der Waals surface area contributed by atoms with Gasteiger partial charge in [-0.15, -0.1) is 0 Å². The van der Waals surface area contributed by atoms with Crippen molar-refractivity contribution in [1.82, 2.24) is 19.3 Å². The first-order chi connectivity index (χ1) is 15.9. The van der Waals surface area contributed by atoms with E-state index in [9.17, 15) is 9.59 Å². The van der Waals surface area contributed by atoms with Crippen LogP contribution in [0.2, 0.25) is 0 Å². The number of hydrogen-bond donors (Lipinski definition) is 0. The Morgan fingerprint density at radius 1 is 0.879 bits per heavy atom. The van der Waals surface area contributed by atoms with Gasteiger partial charge >= 0.3 is 5.69 Å². The van der Waals surface area contributed by atoms with E-state index >= 15 is 0 Å². The van der Waals surface area contributed by atoms with Gasteiger partial charge < -0.3 is 4.52 Å². The first-order valence-electron chi connectivity index (χ1n) is 10.6. The lowest BCUT2D eigenvalue weighted by molar-refractivity contribution is 0.370. The predicted molar refractivity (Wildman–Crippen MR) is 127 cm³/mol. The van der Waals surface area contributed by atoms with Crippen LogP contribution in [0, 0.1) is 20.8 Å². The molecule has 0 amide bonds. The molecule has 0 aliphatic carbocycles. The highest BCUT2D eigenvalue weighted by Gasteiger charge is 2.18. The number of hydrogen-bond acceptors (Lipinski definition) is 5. The van der Waals surface area contributed by atoms with Gasteiger partial charge in [0.2, 0.25) is 11.7 Å². The van der Waals surface area contributed by atoms with Gasteiger partial charge in [-0.2, -0.15) is 4.98 Å². The molecule has 2 heterocycles. The molecule has 0 N–H and O–H groups in total. The fraction of sp³-hybridized carbons (Fsp3) is 0.154. The van der Waals surface area contributed by atoms with Gasteiger partial charge in [-0.25, -0.2) is 9.36 Å². The van der Waals surface area contributed by atoms with Crippen molar-refractivity contribution in [2.75, 3.05) is 0 Å². The number of rotatable bonds is 4. The molecule has 33 heavy (non-hydrogen) atoms. The minimum atomic E-state index is -0.459. The second kappa shape index (κ2) is 8.02. The molecule has 0 radical (unpaired) electrons. The fourth-order valence-electron chi connectivity index (χ4n) is 4.17. The number of nitrogens with zero attached hydrogens (tertiary/aromatic N) is 4. The van der Waals surface area contributed by atoms with Crippen molar-refractivity contribution in [3.8, 4) is 17.1 Å². The Hall–Kier alpha value is -4.26. The molecule has 0 unspecified atom stereocenters. The van der Waals surface area contributed by atoms with Crippen LogP contribution in [0.15, 0.2) is 80.8 Å². The lowest BCUT2D eigenvalue weighted by atomic mass is 10.1. The molecule has 0 saturated carbocycles. The highest BCUT2D eigenvalue weighted by atomic mass is 16.5. The van der Waals surface area contributed by atoms with Gasteiger partial charge in [0.15, 0.2) is 0 Å². The first kappa shape index (κ1) is 20.6. The highest BCUT2D eigenvalue weighted by Crippen LogP contribution is 2.20. The van der Waals surface area contributed by atoms with Crippen molar-refractivity contribution in [3.63, 3.8) is 0 Å². The van der Waals surface area contributed by atoms with Gasteiger partial charge in [0.25, 0.3) is 5.56 Å². The maximum absolute atomic E-state index is 13.6. The second-order valence-corrected chi connectivity index (χ2v) is 8.20. The van der Waals surface area contributed by atoms with E-state index in [1.807, 2.05) is 63.2 Å². The largest absolute Gasteiger partial charge is 0.337 e. The SMILES string of the molecule is Cc1cc(C)cc(-n2c(=O)c3ccccc3n(Cc3nc(-c4ccccc4C)no3)c2=O)c1. The quantitative estimate of drug-likeness (QED) is 0.420. The molecule has 0 saturated heterocycles. The van der Waals surface area contributed by atoms with Crippen molar-refractivity contribution in [3.05, 3.63) is 110 Å². The van der Waals surface area contributed by atoms with Crippen molar-refractivity contribution in [1.29, 1.82) is 0 Å². The molecular formula is C26H22N4O3. The normalized spacial score (nSPS) is 11.2. The van der Waals surface area contributed by atoms with E-state index in [1.165, 1.54) is 9.13 Å². The number of aromatic nitrogens is 4. The molecule has 0 fully saturated rings. The van der Waals surface area contributed by atoms with Crippen LogP contribution in [0.5, 0.6) is 0 Å². The summed E-state index contributed by atoms with van der Waals surface area (Å²) < 4.78 is 8.20. The lowest BCUT2D eigenvalue weighted by Gasteiger charge is -2.13. The maximum atomic E-state index is 13.6. The first-order valence-corrected chi connectivity index (χ1v) is 10.6. The summed E-state index contributed by atoms with van der Waals surface area (Å²) in [6, 6.07) is 20.5. The monoisotopic (exact) mass is 438 g/mol. The average molecular weight is 438 g/mol. The van der Waals surface area contributed by atoms with Crippen LogP contribution in [0.3, 0.4) is 0 Å². The summed E-state index contributed by atoms with van der Waals surface area (Å²) in [4.78, 5) is 31.4. The van der Waals surface area contributed by atoms with Crippen LogP contribution in [0.1, 0.15) is 22.6 Å². The summed E-state index contributed by atoms with van der Waals surface area (Å²) in [7, 11) is 0. The Labute approximate surface area is 189 Å². The minimum absolute atomic E-state index is 0.0449. The molecule has 0 aliphatic heterocycles. The summed E-state index contributed by atoms with van der Waals surface area (Å²) in [5.74, 6) is 0.745. The van der Waals surface area contributed by atoms with Crippen LogP contribution in [0.4, 0.5) is 0 Å².